The number of benzene rings is 2. The van der Waals surface area contributed by atoms with Gasteiger partial charge in [0.25, 0.3) is 0 Å². The molecule has 2 rings (SSSR count). The quantitative estimate of drug-likeness (QED) is 0.706. The lowest BCUT2D eigenvalue weighted by Gasteiger charge is -2.21. The lowest BCUT2D eigenvalue weighted by Crippen LogP contribution is -2.06. The average molecular weight is 282 g/mol. The van der Waals surface area contributed by atoms with E-state index < -0.39 is 0 Å². The van der Waals surface area contributed by atoms with Crippen LogP contribution in [0.3, 0.4) is 0 Å². The summed E-state index contributed by atoms with van der Waals surface area (Å²) >= 11 is 0. The van der Waals surface area contributed by atoms with Gasteiger partial charge in [-0.25, -0.2) is 0 Å². The van der Waals surface area contributed by atoms with Crippen molar-refractivity contribution in [2.45, 2.75) is 45.4 Å². The molecular weight excluding hydrogens is 256 g/mol. The number of rotatable bonds is 7. The molecule has 1 nitrogen and oxygen atoms in total. The molecule has 0 amide bonds. The van der Waals surface area contributed by atoms with Gasteiger partial charge in [-0.3, -0.25) is 0 Å². The van der Waals surface area contributed by atoms with Gasteiger partial charge in [-0.05, 0) is 54.4 Å². The molecule has 0 aromatic heterocycles. The molecule has 2 aromatic carbocycles. The topological polar surface area (TPSA) is 20.2 Å². The summed E-state index contributed by atoms with van der Waals surface area (Å²) in [6.45, 7) is 4.61. The Kier molecular flexibility index (Phi) is 5.86. The molecule has 0 saturated carbocycles. The average Bonchev–Trinajstić information content (AvgIpc) is 2.53. The summed E-state index contributed by atoms with van der Waals surface area (Å²) < 4.78 is 0. The lowest BCUT2D eigenvalue weighted by atomic mass is 9.84. The van der Waals surface area contributed by atoms with E-state index in [1.807, 2.05) is 12.1 Å². The Balaban J connectivity index is 2.03. The second-order valence-corrected chi connectivity index (χ2v) is 6.06. The Labute approximate surface area is 128 Å². The van der Waals surface area contributed by atoms with E-state index in [0.717, 1.165) is 12.3 Å². The molecule has 0 aliphatic rings. The van der Waals surface area contributed by atoms with E-state index in [4.69, 9.17) is 0 Å². The number of phenolic OH excluding ortho intramolecular Hbond substituents is 1. The van der Waals surface area contributed by atoms with Crippen LogP contribution in [0.4, 0.5) is 0 Å². The minimum absolute atomic E-state index is 0.345. The Morgan fingerprint density at radius 2 is 1.62 bits per heavy atom. The summed E-state index contributed by atoms with van der Waals surface area (Å²) in [6.07, 6.45) is 4.72. The maximum atomic E-state index is 9.36. The highest BCUT2D eigenvalue weighted by molar-refractivity contribution is 5.26. The highest BCUT2D eigenvalue weighted by atomic mass is 16.3. The molecule has 21 heavy (non-hydrogen) atoms. The number of aromatic hydroxyl groups is 1. The van der Waals surface area contributed by atoms with E-state index >= 15 is 0 Å². The summed E-state index contributed by atoms with van der Waals surface area (Å²) in [7, 11) is 0. The van der Waals surface area contributed by atoms with E-state index in [2.05, 4.69) is 44.2 Å². The highest BCUT2D eigenvalue weighted by Crippen LogP contribution is 2.29. The third-order valence-electron chi connectivity index (χ3n) is 4.37. The van der Waals surface area contributed by atoms with E-state index in [-0.39, 0.29) is 0 Å². The minimum Gasteiger partial charge on any atom is -0.508 e. The summed E-state index contributed by atoms with van der Waals surface area (Å²) in [5.41, 5.74) is 2.76. The van der Waals surface area contributed by atoms with Crippen LogP contribution in [0.1, 0.15) is 50.2 Å². The van der Waals surface area contributed by atoms with Crippen LogP contribution in [-0.4, -0.2) is 5.11 Å². The largest absolute Gasteiger partial charge is 0.508 e. The van der Waals surface area contributed by atoms with Gasteiger partial charge in [-0.1, -0.05) is 62.7 Å². The van der Waals surface area contributed by atoms with Crippen molar-refractivity contribution in [3.05, 3.63) is 65.7 Å². The van der Waals surface area contributed by atoms with Crippen molar-refractivity contribution in [3.63, 3.8) is 0 Å². The fourth-order valence-electron chi connectivity index (χ4n) is 2.80. The van der Waals surface area contributed by atoms with Gasteiger partial charge in [0.1, 0.15) is 5.75 Å². The van der Waals surface area contributed by atoms with Gasteiger partial charge in [0.15, 0.2) is 0 Å². The van der Waals surface area contributed by atoms with Crippen LogP contribution in [-0.2, 0) is 6.42 Å². The van der Waals surface area contributed by atoms with Gasteiger partial charge in [0, 0.05) is 0 Å². The molecule has 0 radical (unpaired) electrons. The third-order valence-corrected chi connectivity index (χ3v) is 4.37. The Bertz CT molecular complexity index is 515. The lowest BCUT2D eigenvalue weighted by molar-refractivity contribution is 0.437. The van der Waals surface area contributed by atoms with Crippen molar-refractivity contribution in [1.82, 2.24) is 0 Å². The summed E-state index contributed by atoms with van der Waals surface area (Å²) in [4.78, 5) is 0. The molecule has 2 atom stereocenters. The van der Waals surface area contributed by atoms with Crippen LogP contribution in [0, 0.1) is 5.92 Å². The predicted molar refractivity (Wildman–Crippen MR) is 89.7 cm³/mol. The molecule has 0 spiro atoms. The third kappa shape index (κ3) is 4.93. The number of aryl methyl sites for hydroxylation is 1. The molecular formula is C20H26O. The Morgan fingerprint density at radius 3 is 2.24 bits per heavy atom. The van der Waals surface area contributed by atoms with Crippen LogP contribution in [0.15, 0.2) is 54.6 Å². The summed E-state index contributed by atoms with van der Waals surface area (Å²) in [5, 5.41) is 9.36. The van der Waals surface area contributed by atoms with Gasteiger partial charge in [0.2, 0.25) is 0 Å². The van der Waals surface area contributed by atoms with Gasteiger partial charge in [0.05, 0.1) is 0 Å². The van der Waals surface area contributed by atoms with Crippen molar-refractivity contribution >= 4 is 0 Å². The molecule has 112 valence electrons. The standard InChI is InChI=1S/C20H26O/c1-3-16(2)15-19(18-7-5-4-6-8-18)12-9-17-10-13-20(21)14-11-17/h4-8,10-11,13-14,16,19,21H,3,9,12,15H2,1-2H3. The van der Waals surface area contributed by atoms with Gasteiger partial charge in [-0.15, -0.1) is 0 Å². The van der Waals surface area contributed by atoms with Gasteiger partial charge in [-0.2, -0.15) is 0 Å². The number of phenols is 1. The van der Waals surface area contributed by atoms with Crippen LogP contribution in [0.2, 0.25) is 0 Å². The second kappa shape index (κ2) is 7.87. The molecule has 0 heterocycles. The van der Waals surface area contributed by atoms with Crippen molar-refractivity contribution in [1.29, 1.82) is 0 Å². The van der Waals surface area contributed by atoms with E-state index in [1.165, 1.54) is 30.4 Å². The Hall–Kier alpha value is -1.76. The Morgan fingerprint density at radius 1 is 0.952 bits per heavy atom. The van der Waals surface area contributed by atoms with E-state index in [1.54, 1.807) is 12.1 Å². The van der Waals surface area contributed by atoms with E-state index in [9.17, 15) is 5.11 Å². The van der Waals surface area contributed by atoms with Crippen molar-refractivity contribution < 1.29 is 5.11 Å². The fraction of sp³-hybridized carbons (Fsp3) is 0.400. The number of hydrogen-bond donors (Lipinski definition) is 1. The zero-order valence-electron chi connectivity index (χ0n) is 13.1. The van der Waals surface area contributed by atoms with Crippen LogP contribution in [0.25, 0.3) is 0 Å². The first kappa shape index (κ1) is 15.6. The number of hydrogen-bond acceptors (Lipinski definition) is 1. The van der Waals surface area contributed by atoms with Crippen molar-refractivity contribution in [2.75, 3.05) is 0 Å². The SMILES string of the molecule is CCC(C)CC(CCc1ccc(O)cc1)c1ccccc1. The molecule has 0 bridgehead atoms. The molecule has 0 saturated heterocycles. The van der Waals surface area contributed by atoms with Crippen molar-refractivity contribution in [2.24, 2.45) is 5.92 Å². The first-order valence-electron chi connectivity index (χ1n) is 8.02. The smallest absolute Gasteiger partial charge is 0.115 e. The molecule has 1 heteroatoms. The zero-order chi connectivity index (χ0) is 15.1. The summed E-state index contributed by atoms with van der Waals surface area (Å²) in [6, 6.07) is 18.5. The van der Waals surface area contributed by atoms with Crippen molar-refractivity contribution in [3.8, 4) is 5.75 Å². The molecule has 0 fully saturated rings. The predicted octanol–water partition coefficient (Wildman–Crippen LogP) is 5.54. The van der Waals surface area contributed by atoms with Crippen LogP contribution >= 0.6 is 0 Å². The first-order valence-corrected chi connectivity index (χ1v) is 8.02. The maximum absolute atomic E-state index is 9.36. The zero-order valence-corrected chi connectivity index (χ0v) is 13.1. The second-order valence-electron chi connectivity index (χ2n) is 6.06. The monoisotopic (exact) mass is 282 g/mol. The van der Waals surface area contributed by atoms with E-state index in [0.29, 0.717) is 11.7 Å². The van der Waals surface area contributed by atoms with Gasteiger partial charge < -0.3 is 5.11 Å². The molecule has 2 aromatic rings. The maximum Gasteiger partial charge on any atom is 0.115 e. The molecule has 2 unspecified atom stereocenters. The van der Waals surface area contributed by atoms with Crippen LogP contribution < -0.4 is 0 Å². The molecule has 0 aliphatic carbocycles. The normalized spacial score (nSPS) is 13.8. The molecule has 1 N–H and O–H groups in total. The summed E-state index contributed by atoms with van der Waals surface area (Å²) in [5.74, 6) is 1.72. The minimum atomic E-state index is 0.345. The van der Waals surface area contributed by atoms with Crippen LogP contribution in [0.5, 0.6) is 5.75 Å². The fourth-order valence-corrected chi connectivity index (χ4v) is 2.80. The molecule has 0 aliphatic heterocycles. The first-order chi connectivity index (χ1) is 10.2. The highest BCUT2D eigenvalue weighted by Gasteiger charge is 2.14. The van der Waals surface area contributed by atoms with Gasteiger partial charge >= 0.3 is 0 Å².